The first-order valence-electron chi connectivity index (χ1n) is 6.93. The minimum absolute atomic E-state index is 0.141. The Morgan fingerprint density at radius 2 is 2.00 bits per heavy atom. The van der Waals surface area contributed by atoms with Crippen LogP contribution in [-0.4, -0.2) is 29.7 Å². The van der Waals surface area contributed by atoms with E-state index < -0.39 is 5.97 Å². The van der Waals surface area contributed by atoms with E-state index in [0.717, 1.165) is 19.3 Å². The first kappa shape index (κ1) is 14.4. The number of nitrogens with one attached hydrogen (secondary N) is 1. The van der Waals surface area contributed by atoms with Gasteiger partial charge in [-0.05, 0) is 30.9 Å². The second-order valence-electron chi connectivity index (χ2n) is 5.28. The van der Waals surface area contributed by atoms with Gasteiger partial charge in [-0.3, -0.25) is 9.69 Å². The van der Waals surface area contributed by atoms with E-state index >= 15 is 0 Å². The molecule has 2 N–H and O–H groups in total. The minimum atomic E-state index is -1.02. The Labute approximate surface area is 118 Å². The summed E-state index contributed by atoms with van der Waals surface area (Å²) in [7, 11) is 0. The highest BCUT2D eigenvalue weighted by Crippen LogP contribution is 2.25. The molecule has 2 unspecified atom stereocenters. The summed E-state index contributed by atoms with van der Waals surface area (Å²) in [6.45, 7) is 1.78. The highest BCUT2D eigenvalue weighted by Gasteiger charge is 2.27. The van der Waals surface area contributed by atoms with E-state index in [1.165, 1.54) is 4.90 Å². The molecule has 1 saturated carbocycles. The molecule has 108 valence electrons. The number of carboxylic acid groups (broad SMARTS) is 1. The molecular weight excluding hydrogens is 256 g/mol. The number of amides is 2. The fraction of sp³-hybridized carbons (Fsp3) is 0.467. The maximum atomic E-state index is 12.3. The summed E-state index contributed by atoms with van der Waals surface area (Å²) in [5.41, 5.74) is 0.595. The van der Waals surface area contributed by atoms with Gasteiger partial charge in [-0.25, -0.2) is 4.79 Å². The van der Waals surface area contributed by atoms with E-state index in [9.17, 15) is 9.59 Å². The molecule has 0 radical (unpaired) electrons. The van der Waals surface area contributed by atoms with Gasteiger partial charge in [0.15, 0.2) is 0 Å². The van der Waals surface area contributed by atoms with E-state index in [1.807, 2.05) is 6.07 Å². The monoisotopic (exact) mass is 276 g/mol. The summed E-state index contributed by atoms with van der Waals surface area (Å²) in [5.74, 6) is -0.579. The second kappa shape index (κ2) is 6.41. The number of carbonyl (C=O) groups is 2. The largest absolute Gasteiger partial charge is 0.480 e. The van der Waals surface area contributed by atoms with Crippen molar-refractivity contribution in [3.63, 3.8) is 0 Å². The van der Waals surface area contributed by atoms with Crippen LogP contribution in [0.4, 0.5) is 10.5 Å². The molecule has 2 atom stereocenters. The fourth-order valence-electron chi connectivity index (χ4n) is 2.62. The molecule has 1 aliphatic rings. The summed E-state index contributed by atoms with van der Waals surface area (Å²) in [6, 6.07) is 8.69. The second-order valence-corrected chi connectivity index (χ2v) is 5.28. The van der Waals surface area contributed by atoms with Crippen molar-refractivity contribution in [2.75, 3.05) is 11.4 Å². The first-order chi connectivity index (χ1) is 9.58. The zero-order chi connectivity index (χ0) is 14.5. The van der Waals surface area contributed by atoms with Crippen molar-refractivity contribution in [2.24, 2.45) is 5.92 Å². The zero-order valence-electron chi connectivity index (χ0n) is 11.6. The number of urea groups is 1. The molecule has 0 heterocycles. The predicted octanol–water partition coefficient (Wildman–Crippen LogP) is 2.48. The van der Waals surface area contributed by atoms with Crippen LogP contribution in [0.1, 0.15) is 26.2 Å². The molecule has 0 bridgehead atoms. The van der Waals surface area contributed by atoms with Crippen LogP contribution in [0.5, 0.6) is 0 Å². The van der Waals surface area contributed by atoms with Gasteiger partial charge in [0, 0.05) is 11.7 Å². The number of para-hydroxylation sites is 1. The molecule has 2 amide bonds. The van der Waals surface area contributed by atoms with Crippen LogP contribution in [0, 0.1) is 5.92 Å². The van der Waals surface area contributed by atoms with Gasteiger partial charge < -0.3 is 10.4 Å². The molecule has 0 aromatic heterocycles. The standard InChI is InChI=1S/C15H20N2O3/c1-11-6-5-9-13(11)16-15(20)17(10-14(18)19)12-7-3-2-4-8-12/h2-4,7-8,11,13H,5-6,9-10H2,1H3,(H,16,20)(H,18,19). The highest BCUT2D eigenvalue weighted by molar-refractivity contribution is 5.96. The number of carbonyl (C=O) groups excluding carboxylic acids is 1. The molecule has 1 aromatic rings. The lowest BCUT2D eigenvalue weighted by molar-refractivity contribution is -0.135. The minimum Gasteiger partial charge on any atom is -0.480 e. The van der Waals surface area contributed by atoms with Crippen LogP contribution in [-0.2, 0) is 4.79 Å². The van der Waals surface area contributed by atoms with Crippen molar-refractivity contribution >= 4 is 17.7 Å². The van der Waals surface area contributed by atoms with Crippen molar-refractivity contribution in [1.82, 2.24) is 5.32 Å². The number of rotatable bonds is 4. The Morgan fingerprint density at radius 1 is 1.30 bits per heavy atom. The van der Waals surface area contributed by atoms with Gasteiger partial charge in [0.25, 0.3) is 0 Å². The van der Waals surface area contributed by atoms with Gasteiger partial charge in [0.1, 0.15) is 6.54 Å². The van der Waals surface area contributed by atoms with Crippen molar-refractivity contribution < 1.29 is 14.7 Å². The molecule has 0 spiro atoms. The van der Waals surface area contributed by atoms with Crippen molar-refractivity contribution in [3.05, 3.63) is 30.3 Å². The number of hydrogen-bond acceptors (Lipinski definition) is 2. The number of carboxylic acids is 1. The summed E-state index contributed by atoms with van der Waals surface area (Å²) in [6.07, 6.45) is 3.17. The summed E-state index contributed by atoms with van der Waals surface area (Å²) in [4.78, 5) is 24.6. The first-order valence-corrected chi connectivity index (χ1v) is 6.93. The molecule has 20 heavy (non-hydrogen) atoms. The number of nitrogens with zero attached hydrogens (tertiary/aromatic N) is 1. The third-order valence-electron chi connectivity index (χ3n) is 3.78. The Bertz CT molecular complexity index is 475. The summed E-state index contributed by atoms with van der Waals surface area (Å²) >= 11 is 0. The van der Waals surface area contributed by atoms with Crippen LogP contribution >= 0.6 is 0 Å². The third-order valence-corrected chi connectivity index (χ3v) is 3.78. The highest BCUT2D eigenvalue weighted by atomic mass is 16.4. The summed E-state index contributed by atoms with van der Waals surface area (Å²) < 4.78 is 0. The van der Waals surface area contributed by atoms with E-state index in [4.69, 9.17) is 5.11 Å². The van der Waals surface area contributed by atoms with E-state index in [2.05, 4.69) is 12.2 Å². The SMILES string of the molecule is CC1CCCC1NC(=O)N(CC(=O)O)c1ccccc1. The molecule has 1 aliphatic carbocycles. The maximum Gasteiger partial charge on any atom is 0.323 e. The van der Waals surface area contributed by atoms with Gasteiger partial charge >= 0.3 is 12.0 Å². The van der Waals surface area contributed by atoms with Crippen molar-refractivity contribution in [1.29, 1.82) is 0 Å². The fourth-order valence-corrected chi connectivity index (χ4v) is 2.62. The topological polar surface area (TPSA) is 69.6 Å². The van der Waals surface area contributed by atoms with Gasteiger partial charge in [-0.15, -0.1) is 0 Å². The smallest absolute Gasteiger partial charge is 0.323 e. The molecule has 2 rings (SSSR count). The average Bonchev–Trinajstić information content (AvgIpc) is 2.82. The van der Waals surface area contributed by atoms with Gasteiger partial charge in [-0.2, -0.15) is 0 Å². The number of benzene rings is 1. The van der Waals surface area contributed by atoms with E-state index in [-0.39, 0.29) is 18.6 Å². The van der Waals surface area contributed by atoms with Crippen LogP contribution in [0.15, 0.2) is 30.3 Å². The Balaban J connectivity index is 2.10. The molecule has 0 aliphatic heterocycles. The Hall–Kier alpha value is -2.04. The van der Waals surface area contributed by atoms with Gasteiger partial charge in [-0.1, -0.05) is 31.5 Å². The van der Waals surface area contributed by atoms with Crippen LogP contribution < -0.4 is 10.2 Å². The molecule has 0 saturated heterocycles. The quantitative estimate of drug-likeness (QED) is 0.887. The number of aliphatic carboxylic acids is 1. The Morgan fingerprint density at radius 3 is 2.55 bits per heavy atom. The van der Waals surface area contributed by atoms with Crippen molar-refractivity contribution in [3.8, 4) is 0 Å². The lowest BCUT2D eigenvalue weighted by Gasteiger charge is -2.25. The number of hydrogen-bond donors (Lipinski definition) is 2. The lowest BCUT2D eigenvalue weighted by atomic mass is 10.1. The number of anilines is 1. The maximum absolute atomic E-state index is 12.3. The lowest BCUT2D eigenvalue weighted by Crippen LogP contribution is -2.47. The van der Waals surface area contributed by atoms with E-state index in [0.29, 0.717) is 11.6 Å². The molecule has 1 fully saturated rings. The van der Waals surface area contributed by atoms with Crippen LogP contribution in [0.3, 0.4) is 0 Å². The van der Waals surface area contributed by atoms with Gasteiger partial charge in [0.05, 0.1) is 0 Å². The van der Waals surface area contributed by atoms with Gasteiger partial charge in [0.2, 0.25) is 0 Å². The van der Waals surface area contributed by atoms with Crippen LogP contribution in [0.25, 0.3) is 0 Å². The normalized spacial score (nSPS) is 21.4. The molecule has 5 nitrogen and oxygen atoms in total. The summed E-state index contributed by atoms with van der Waals surface area (Å²) in [5, 5.41) is 11.9. The van der Waals surface area contributed by atoms with E-state index in [1.54, 1.807) is 24.3 Å². The zero-order valence-corrected chi connectivity index (χ0v) is 11.6. The Kier molecular flexibility index (Phi) is 4.61. The molecule has 1 aromatic carbocycles. The van der Waals surface area contributed by atoms with Crippen molar-refractivity contribution in [2.45, 2.75) is 32.2 Å². The average molecular weight is 276 g/mol. The van der Waals surface area contributed by atoms with Crippen LogP contribution in [0.2, 0.25) is 0 Å². The molecule has 5 heteroatoms. The third kappa shape index (κ3) is 3.50. The predicted molar refractivity (Wildman–Crippen MR) is 76.8 cm³/mol. The molecular formula is C15H20N2O3.